The Balaban J connectivity index is 1.95. The lowest BCUT2D eigenvalue weighted by Crippen LogP contribution is -2.31. The van der Waals surface area contributed by atoms with Crippen LogP contribution in [0.4, 0.5) is 0 Å². The van der Waals surface area contributed by atoms with Gasteiger partial charge in [-0.2, -0.15) is 0 Å². The minimum absolute atomic E-state index is 0.0401. The summed E-state index contributed by atoms with van der Waals surface area (Å²) in [5.74, 6) is 0.952. The first-order chi connectivity index (χ1) is 13.4. The summed E-state index contributed by atoms with van der Waals surface area (Å²) in [6, 6.07) is 6.78. The predicted molar refractivity (Wildman–Crippen MR) is 117 cm³/mol. The molecule has 0 saturated heterocycles. The van der Waals surface area contributed by atoms with Crippen molar-refractivity contribution >= 4 is 17.7 Å². The smallest absolute Gasteiger partial charge is 0.303 e. The third-order valence-corrected chi connectivity index (χ3v) is 6.28. The van der Waals surface area contributed by atoms with Crippen LogP contribution in [0.15, 0.2) is 23.4 Å². The van der Waals surface area contributed by atoms with E-state index >= 15 is 0 Å². The molecule has 0 fully saturated rings. The summed E-state index contributed by atoms with van der Waals surface area (Å²) in [6.07, 6.45) is 0.849. The van der Waals surface area contributed by atoms with Crippen molar-refractivity contribution in [3.63, 3.8) is 0 Å². The Bertz CT molecular complexity index is 861. The zero-order valence-corrected chi connectivity index (χ0v) is 19.1. The number of carboxylic acid groups (broad SMARTS) is 1. The topological polar surface area (TPSA) is 71.2 Å². The number of hydrogen-bond donors (Lipinski definition) is 1. The second-order valence-corrected chi connectivity index (χ2v) is 10.8. The van der Waals surface area contributed by atoms with Crippen LogP contribution >= 0.6 is 11.8 Å². The normalized spacial score (nSPS) is 15.4. The number of carboxylic acids is 1. The van der Waals surface area contributed by atoms with E-state index in [2.05, 4.69) is 79.4 Å². The highest BCUT2D eigenvalue weighted by Gasteiger charge is 2.25. The number of thioether (sulfide) groups is 1. The molecule has 0 spiro atoms. The molecule has 1 N–H and O–H groups in total. The Hall–Kier alpha value is -1.86. The van der Waals surface area contributed by atoms with Gasteiger partial charge in [-0.3, -0.25) is 14.3 Å². The van der Waals surface area contributed by atoms with Gasteiger partial charge in [0.05, 0.1) is 12.5 Å². The van der Waals surface area contributed by atoms with Gasteiger partial charge < -0.3 is 5.11 Å². The SMILES string of the molecule is CC(C)(C)c1cc(-c2nnc3n2CN(CCCC(=O)O)CS3)cc(C(C)(C)C)c1. The molecule has 158 valence electrons. The van der Waals surface area contributed by atoms with Gasteiger partial charge in [-0.15, -0.1) is 10.2 Å². The number of rotatable bonds is 5. The molecule has 0 radical (unpaired) electrons. The zero-order chi connectivity index (χ0) is 21.4. The largest absolute Gasteiger partial charge is 0.481 e. The van der Waals surface area contributed by atoms with Crippen LogP contribution in [0.25, 0.3) is 11.4 Å². The first-order valence-electron chi connectivity index (χ1n) is 10.1. The molecule has 29 heavy (non-hydrogen) atoms. The van der Waals surface area contributed by atoms with Crippen LogP contribution in [0, 0.1) is 0 Å². The molecule has 1 aromatic carbocycles. The standard InChI is InChI=1S/C22H32N4O2S/c1-21(2,3)16-10-15(11-17(12-16)22(4,5)6)19-23-24-20-26(19)13-25(14-29-20)9-7-8-18(27)28/h10-12H,7-9,13-14H2,1-6H3,(H,27,28). The summed E-state index contributed by atoms with van der Waals surface area (Å²) in [7, 11) is 0. The van der Waals surface area contributed by atoms with Crippen molar-refractivity contribution in [2.75, 3.05) is 12.4 Å². The molecule has 0 unspecified atom stereocenters. The van der Waals surface area contributed by atoms with Crippen LogP contribution in [-0.4, -0.2) is 43.2 Å². The number of fused-ring (bicyclic) bond motifs is 1. The first-order valence-corrected chi connectivity index (χ1v) is 11.1. The molecule has 1 aliphatic rings. The van der Waals surface area contributed by atoms with Crippen LogP contribution < -0.4 is 0 Å². The number of aromatic nitrogens is 3. The van der Waals surface area contributed by atoms with Crippen molar-refractivity contribution in [1.82, 2.24) is 19.7 Å². The van der Waals surface area contributed by atoms with Crippen LogP contribution in [0.5, 0.6) is 0 Å². The predicted octanol–water partition coefficient (Wildman–Crippen LogP) is 4.73. The van der Waals surface area contributed by atoms with Crippen molar-refractivity contribution in [3.8, 4) is 11.4 Å². The van der Waals surface area contributed by atoms with Gasteiger partial charge in [0.2, 0.25) is 0 Å². The average Bonchev–Trinajstić information content (AvgIpc) is 3.03. The van der Waals surface area contributed by atoms with Crippen LogP contribution in [0.2, 0.25) is 0 Å². The molecule has 0 aliphatic carbocycles. The Morgan fingerprint density at radius 1 is 1.07 bits per heavy atom. The lowest BCUT2D eigenvalue weighted by atomic mass is 9.79. The molecule has 0 atom stereocenters. The van der Waals surface area contributed by atoms with E-state index in [0.717, 1.165) is 29.0 Å². The fourth-order valence-electron chi connectivity index (χ4n) is 3.34. The molecular weight excluding hydrogens is 384 g/mol. The van der Waals surface area contributed by atoms with Gasteiger partial charge in [-0.05, 0) is 40.5 Å². The summed E-state index contributed by atoms with van der Waals surface area (Å²) in [5.41, 5.74) is 3.75. The minimum atomic E-state index is -0.742. The molecule has 0 saturated carbocycles. The summed E-state index contributed by atoms with van der Waals surface area (Å²) >= 11 is 1.66. The fourth-order valence-corrected chi connectivity index (χ4v) is 4.25. The molecule has 7 heteroatoms. The number of benzene rings is 1. The molecule has 2 aromatic rings. The van der Waals surface area contributed by atoms with Crippen molar-refractivity contribution in [1.29, 1.82) is 0 Å². The van der Waals surface area contributed by atoms with E-state index in [1.165, 1.54) is 11.1 Å². The summed E-state index contributed by atoms with van der Waals surface area (Å²) in [4.78, 5) is 13.1. The third kappa shape index (κ3) is 5.20. The lowest BCUT2D eigenvalue weighted by Gasteiger charge is -2.28. The Labute approximate surface area is 177 Å². The maximum Gasteiger partial charge on any atom is 0.303 e. The van der Waals surface area contributed by atoms with Crippen LogP contribution in [0.3, 0.4) is 0 Å². The van der Waals surface area contributed by atoms with Crippen LogP contribution in [-0.2, 0) is 22.3 Å². The van der Waals surface area contributed by atoms with Gasteiger partial charge in [-0.1, -0.05) is 59.4 Å². The number of hydrogen-bond acceptors (Lipinski definition) is 5. The molecule has 2 heterocycles. The van der Waals surface area contributed by atoms with E-state index in [0.29, 0.717) is 13.1 Å². The Morgan fingerprint density at radius 3 is 2.24 bits per heavy atom. The van der Waals surface area contributed by atoms with Gasteiger partial charge in [0.25, 0.3) is 0 Å². The number of carbonyl (C=O) groups is 1. The monoisotopic (exact) mass is 416 g/mol. The first kappa shape index (κ1) is 21.8. The van der Waals surface area contributed by atoms with E-state index < -0.39 is 5.97 Å². The zero-order valence-electron chi connectivity index (χ0n) is 18.3. The number of nitrogens with zero attached hydrogens (tertiary/aromatic N) is 4. The fraction of sp³-hybridized carbons (Fsp3) is 0.591. The van der Waals surface area contributed by atoms with Crippen molar-refractivity contribution in [2.45, 2.75) is 77.0 Å². The molecular formula is C22H32N4O2S. The maximum atomic E-state index is 10.8. The van der Waals surface area contributed by atoms with E-state index in [4.69, 9.17) is 5.11 Å². The molecule has 6 nitrogen and oxygen atoms in total. The van der Waals surface area contributed by atoms with Crippen molar-refractivity contribution in [2.24, 2.45) is 0 Å². The molecule has 0 amide bonds. The van der Waals surface area contributed by atoms with E-state index in [1.54, 1.807) is 11.8 Å². The second-order valence-electron chi connectivity index (χ2n) is 9.84. The minimum Gasteiger partial charge on any atom is -0.481 e. The summed E-state index contributed by atoms with van der Waals surface area (Å²) < 4.78 is 2.16. The van der Waals surface area contributed by atoms with E-state index in [9.17, 15) is 4.79 Å². The van der Waals surface area contributed by atoms with E-state index in [1.807, 2.05) is 0 Å². The Morgan fingerprint density at radius 2 is 1.69 bits per heavy atom. The van der Waals surface area contributed by atoms with Crippen LogP contribution in [0.1, 0.15) is 65.5 Å². The van der Waals surface area contributed by atoms with Gasteiger partial charge in [0.1, 0.15) is 0 Å². The summed E-state index contributed by atoms with van der Waals surface area (Å²) in [6.45, 7) is 14.8. The molecule has 1 aliphatic heterocycles. The van der Waals surface area contributed by atoms with Crippen molar-refractivity contribution < 1.29 is 9.90 Å². The molecule has 1 aromatic heterocycles. The second kappa shape index (κ2) is 8.11. The lowest BCUT2D eigenvalue weighted by molar-refractivity contribution is -0.137. The summed E-state index contributed by atoms with van der Waals surface area (Å²) in [5, 5.41) is 18.8. The molecule has 0 bridgehead atoms. The van der Waals surface area contributed by atoms with E-state index in [-0.39, 0.29) is 17.3 Å². The third-order valence-electron chi connectivity index (χ3n) is 5.22. The van der Waals surface area contributed by atoms with Crippen molar-refractivity contribution in [3.05, 3.63) is 29.3 Å². The van der Waals surface area contributed by atoms with Gasteiger partial charge in [-0.25, -0.2) is 0 Å². The Kier molecular flexibility index (Phi) is 6.11. The van der Waals surface area contributed by atoms with Gasteiger partial charge in [0, 0.05) is 18.5 Å². The highest BCUT2D eigenvalue weighted by atomic mass is 32.2. The molecule has 3 rings (SSSR count). The highest BCUT2D eigenvalue weighted by Crippen LogP contribution is 2.35. The number of aliphatic carboxylic acids is 1. The quantitative estimate of drug-likeness (QED) is 0.760. The van der Waals surface area contributed by atoms with Gasteiger partial charge in [0.15, 0.2) is 11.0 Å². The highest BCUT2D eigenvalue weighted by molar-refractivity contribution is 7.99. The maximum absolute atomic E-state index is 10.8. The average molecular weight is 417 g/mol. The van der Waals surface area contributed by atoms with Gasteiger partial charge >= 0.3 is 5.97 Å².